The number of ether oxygens (including phenoxy) is 5. The molecule has 4 unspecified atom stereocenters. The van der Waals surface area contributed by atoms with E-state index in [1.165, 1.54) is 0 Å². The lowest BCUT2D eigenvalue weighted by Gasteiger charge is -2.30. The van der Waals surface area contributed by atoms with E-state index in [0.29, 0.717) is 95.2 Å². The molecule has 86 heavy (non-hydrogen) atoms. The molecule has 1 aliphatic carbocycles. The van der Waals surface area contributed by atoms with Crippen molar-refractivity contribution in [2.24, 2.45) is 14.1 Å². The van der Waals surface area contributed by atoms with Crippen LogP contribution in [0.25, 0.3) is 68.6 Å². The summed E-state index contributed by atoms with van der Waals surface area (Å²) >= 11 is 0. The third kappa shape index (κ3) is 12.7. The Hall–Kier alpha value is -8.09. The van der Waals surface area contributed by atoms with Gasteiger partial charge in [0.1, 0.15) is 36.0 Å². The lowest BCUT2D eigenvalue weighted by Crippen LogP contribution is -2.41. The van der Waals surface area contributed by atoms with Crippen molar-refractivity contribution in [3.05, 3.63) is 68.8 Å². The fraction of sp³-hybridized carbons (Fsp3) is 0.517. The third-order valence-electron chi connectivity index (χ3n) is 15.5. The quantitative estimate of drug-likeness (QED) is 0.0841. The van der Waals surface area contributed by atoms with E-state index < -0.39 is 25.1 Å². The van der Waals surface area contributed by atoms with E-state index in [-0.39, 0.29) is 50.9 Å². The van der Waals surface area contributed by atoms with Crippen LogP contribution in [0.5, 0.6) is 23.5 Å². The highest BCUT2D eigenvalue weighted by Gasteiger charge is 2.36. The van der Waals surface area contributed by atoms with Gasteiger partial charge in [-0.2, -0.15) is 25.7 Å². The van der Waals surface area contributed by atoms with Gasteiger partial charge >= 0.3 is 0 Å². The minimum absolute atomic E-state index is 0.0290. The Bertz CT molecular complexity index is 3770. The highest BCUT2D eigenvalue weighted by Crippen LogP contribution is 2.40. The fourth-order valence-electron chi connectivity index (χ4n) is 11.0. The Morgan fingerprint density at radius 3 is 1.78 bits per heavy atom. The molecule has 8 aromatic rings. The van der Waals surface area contributed by atoms with Crippen LogP contribution in [-0.4, -0.2) is 167 Å². The van der Waals surface area contributed by atoms with E-state index in [4.69, 9.17) is 43.8 Å². The molecule has 8 aromatic heterocycles. The first-order valence-corrected chi connectivity index (χ1v) is 29.2. The molecular weight excluding hydrogens is 1110 g/mol. The van der Waals surface area contributed by atoms with Crippen molar-refractivity contribution >= 4 is 46.1 Å². The molecular formula is C60H79F2N17O7. The van der Waals surface area contributed by atoms with Gasteiger partial charge in [0.05, 0.1) is 119 Å². The molecule has 4 bridgehead atoms. The number of alkyl halides is 2. The van der Waals surface area contributed by atoms with Gasteiger partial charge < -0.3 is 33.9 Å². The molecule has 4 N–H and O–H groups in total. The summed E-state index contributed by atoms with van der Waals surface area (Å²) in [6.45, 7) is 20.4. The first-order valence-electron chi connectivity index (χ1n) is 29.2. The molecule has 4 atom stereocenters. The Morgan fingerprint density at radius 2 is 1.26 bits per heavy atom. The highest BCUT2D eigenvalue weighted by atomic mass is 19.3. The largest absolute Gasteiger partial charge is 0.476 e. The number of nitrogens with one attached hydrogen (secondary N) is 2. The summed E-state index contributed by atoms with van der Waals surface area (Å²) in [4.78, 5) is 13.8. The van der Waals surface area contributed by atoms with Crippen molar-refractivity contribution < 1.29 is 42.7 Å². The zero-order chi connectivity index (χ0) is 61.7. The summed E-state index contributed by atoms with van der Waals surface area (Å²) in [7, 11) is 5.32. The van der Waals surface area contributed by atoms with Gasteiger partial charge in [0.15, 0.2) is 6.61 Å². The van der Waals surface area contributed by atoms with Gasteiger partial charge in [0.25, 0.3) is 6.43 Å². The maximum absolute atomic E-state index is 13.9. The number of aliphatic hydroxyl groups excluding tert-OH is 2. The predicted molar refractivity (Wildman–Crippen MR) is 322 cm³/mol. The number of nitriles is 1. The van der Waals surface area contributed by atoms with Crippen LogP contribution in [0.15, 0.2) is 12.1 Å². The topological polar surface area (TPSA) is 271 Å². The van der Waals surface area contributed by atoms with Crippen molar-refractivity contribution in [3.8, 4) is 52.1 Å². The smallest absolute Gasteiger partial charge is 0.251 e. The van der Waals surface area contributed by atoms with Crippen molar-refractivity contribution in [1.29, 1.82) is 5.26 Å². The summed E-state index contributed by atoms with van der Waals surface area (Å²) in [6.07, 6.45) is 7.29. The van der Waals surface area contributed by atoms with Crippen LogP contribution in [0.2, 0.25) is 0 Å². The van der Waals surface area contributed by atoms with Crippen molar-refractivity contribution in [2.45, 2.75) is 138 Å². The fourth-order valence-corrected chi connectivity index (χ4v) is 11.0. The maximum atomic E-state index is 13.9. The van der Waals surface area contributed by atoms with E-state index in [2.05, 4.69) is 42.4 Å². The van der Waals surface area contributed by atoms with Crippen LogP contribution in [0.4, 0.5) is 8.78 Å². The molecule has 10 heterocycles. The number of methoxy groups -OCH3 is 1. The molecule has 460 valence electrons. The number of aliphatic hydroxyl groups is 2. The Morgan fingerprint density at radius 1 is 0.733 bits per heavy atom. The van der Waals surface area contributed by atoms with Gasteiger partial charge in [0.2, 0.25) is 23.5 Å². The molecule has 26 heteroatoms. The van der Waals surface area contributed by atoms with Crippen molar-refractivity contribution in [3.63, 3.8) is 0 Å². The summed E-state index contributed by atoms with van der Waals surface area (Å²) in [5.74, 6) is 1.84. The lowest BCUT2D eigenvalue weighted by atomic mass is 10.1. The number of pyridine rings is 2. The van der Waals surface area contributed by atoms with E-state index in [1.54, 1.807) is 52.2 Å². The van der Waals surface area contributed by atoms with Gasteiger partial charge in [0, 0.05) is 63.2 Å². The zero-order valence-corrected chi connectivity index (χ0v) is 51.3. The molecule has 0 radical (unpaired) electrons. The van der Waals surface area contributed by atoms with Gasteiger partial charge in [-0.15, -0.1) is 10.2 Å². The summed E-state index contributed by atoms with van der Waals surface area (Å²) < 4.78 is 64.8. The molecule has 0 aromatic carbocycles. The molecule has 0 spiro atoms. The minimum atomic E-state index is -2.61. The van der Waals surface area contributed by atoms with Gasteiger partial charge in [-0.25, -0.2) is 18.1 Å². The van der Waals surface area contributed by atoms with E-state index >= 15 is 0 Å². The monoisotopic (exact) mass is 1190 g/mol. The molecule has 24 nitrogen and oxygen atoms in total. The molecule has 0 saturated heterocycles. The molecule has 1 fully saturated rings. The second kappa shape index (κ2) is 27.1. The zero-order valence-electron chi connectivity index (χ0n) is 51.3. The molecule has 3 aliphatic rings. The number of rotatable bonds is 13. The number of halogens is 2. The van der Waals surface area contributed by atoms with Gasteiger partial charge in [-0.3, -0.25) is 39.3 Å². The number of aromatic amines is 2. The maximum Gasteiger partial charge on any atom is 0.251 e. The summed E-state index contributed by atoms with van der Waals surface area (Å²) in [5.41, 5.74) is 11.9. The number of fused-ring (bicyclic) bond motifs is 8. The number of hydrogen-bond donors (Lipinski definition) is 4. The van der Waals surface area contributed by atoms with Gasteiger partial charge in [-0.05, 0) is 105 Å². The van der Waals surface area contributed by atoms with E-state index in [0.717, 1.165) is 68.7 Å². The summed E-state index contributed by atoms with van der Waals surface area (Å²) in [5, 5.41) is 65.0. The standard InChI is InChI=1S/C30H40N8O4.C28H33F2N9O3.C2H6/c1-7-41-29-21-10-11-23-22-12-24(31-19(4)28(22)33-32-23)27-25(16-40-6)34-36(5)30(27)42-15-18(3)37(20-8-9-20)13-26(21)38(35-29)17(2)14-39;1-15(13-40)39-23-11-38(12-24(29)30)16(2)14-42-28-25(17(3)35-37(28)5)22-10-20-21(33-34-26(20)18(4)32-22)7-6-19(23)27(36-39)41-9-8-31;1-2/h10-12,17-18,20,39H,7-9,13-16H2,1-6H3,(H,32,33);6-7,10,15-16,24,40H,9,11-14H2,1-5H3,(H,33,34);1-2H3/b11-10+;7-6+;. The SMILES string of the molecule is CC.CCOc1nn(C(C)CO)c2c1/C=C/c1[nH]nc3c(C)nc(cc13)-c1c(COC)nn(C)c1OCC(C)N(C1CC1)C2.Cc1nn(C)c2c1-c1cc3c([nH]nc3c(C)n1)/C=C/c1c(OCC#N)nn(C(C)CO)c1CN(CC(F)F)C(C)CO2. The van der Waals surface area contributed by atoms with Crippen molar-refractivity contribution in [2.75, 3.05) is 53.3 Å². The second-order valence-corrected chi connectivity index (χ2v) is 21.7. The molecule has 0 amide bonds. The predicted octanol–water partition coefficient (Wildman–Crippen LogP) is 8.55. The van der Waals surface area contributed by atoms with Crippen LogP contribution in [-0.2, 0) is 38.5 Å². The third-order valence-corrected chi connectivity index (χ3v) is 15.5. The second-order valence-electron chi connectivity index (χ2n) is 21.7. The molecule has 2 aliphatic heterocycles. The van der Waals surface area contributed by atoms with E-state index in [1.807, 2.05) is 97.5 Å². The first kappa shape index (κ1) is 62.4. The van der Waals surface area contributed by atoms with Gasteiger partial charge in [-0.1, -0.05) is 13.8 Å². The Balaban J connectivity index is 0.000000200. The number of aryl methyl sites for hydroxylation is 5. The summed E-state index contributed by atoms with van der Waals surface area (Å²) in [6, 6.07) is 5.27. The lowest BCUT2D eigenvalue weighted by molar-refractivity contribution is 0.0475. The average Bonchev–Trinajstić information content (AvgIpc) is 2.00. The van der Waals surface area contributed by atoms with Crippen LogP contribution in [0.1, 0.15) is 130 Å². The van der Waals surface area contributed by atoms with Crippen LogP contribution in [0.3, 0.4) is 0 Å². The Labute approximate surface area is 498 Å². The number of H-pyrrole nitrogens is 2. The van der Waals surface area contributed by atoms with Crippen LogP contribution >= 0.6 is 0 Å². The number of nitrogens with zero attached hydrogens (tertiary/aromatic N) is 15. The van der Waals surface area contributed by atoms with Crippen LogP contribution < -0.4 is 18.9 Å². The molecule has 11 rings (SSSR count). The normalized spacial score (nSPS) is 17.9. The Kier molecular flexibility index (Phi) is 19.7. The number of hydrogen-bond acceptors (Lipinski definition) is 18. The highest BCUT2D eigenvalue weighted by molar-refractivity contribution is 5.95. The van der Waals surface area contributed by atoms with Crippen molar-refractivity contribution in [1.82, 2.24) is 79.3 Å². The van der Waals surface area contributed by atoms with Crippen LogP contribution in [0, 0.1) is 32.1 Å². The minimum Gasteiger partial charge on any atom is -0.476 e. The van der Waals surface area contributed by atoms with E-state index in [9.17, 15) is 24.3 Å². The number of aromatic nitrogens is 14. The first-order chi connectivity index (χ1) is 41.5. The molecule has 1 saturated carbocycles. The average molecular weight is 1190 g/mol.